The third-order valence-electron chi connectivity index (χ3n) is 3.48. The zero-order valence-electron chi connectivity index (χ0n) is 11.4. The quantitative estimate of drug-likeness (QED) is 0.912. The first-order valence-electron chi connectivity index (χ1n) is 6.78. The fourth-order valence-electron chi connectivity index (χ4n) is 2.10. The van der Waals surface area contributed by atoms with Gasteiger partial charge in [-0.15, -0.1) is 0 Å². The number of nitrogens with one attached hydrogen (secondary N) is 1. The molecule has 2 aromatic rings. The van der Waals surface area contributed by atoms with Crippen LogP contribution in [-0.2, 0) is 6.54 Å². The molecule has 1 saturated carbocycles. The van der Waals surface area contributed by atoms with E-state index in [4.69, 9.17) is 16.3 Å². The van der Waals surface area contributed by atoms with Crippen LogP contribution in [0, 0.1) is 0 Å². The number of nitrogens with zero attached hydrogens (tertiary/aromatic N) is 1. The fourth-order valence-corrected chi connectivity index (χ4v) is 2.29. The molecule has 0 radical (unpaired) electrons. The monoisotopic (exact) mass is 288 g/mol. The first-order valence-corrected chi connectivity index (χ1v) is 7.16. The van der Waals surface area contributed by atoms with Gasteiger partial charge in [0.25, 0.3) is 0 Å². The summed E-state index contributed by atoms with van der Waals surface area (Å²) in [5, 5.41) is 4.30. The van der Waals surface area contributed by atoms with Gasteiger partial charge in [-0.2, -0.15) is 0 Å². The fraction of sp³-hybridized carbons (Fsp3) is 0.312. The van der Waals surface area contributed by atoms with Crippen molar-refractivity contribution in [2.75, 3.05) is 7.11 Å². The van der Waals surface area contributed by atoms with E-state index in [0.29, 0.717) is 11.9 Å². The van der Waals surface area contributed by atoms with E-state index in [1.807, 2.05) is 30.5 Å². The summed E-state index contributed by atoms with van der Waals surface area (Å²) in [7, 11) is 1.62. The molecule has 20 heavy (non-hydrogen) atoms. The van der Waals surface area contributed by atoms with Gasteiger partial charge < -0.3 is 10.1 Å². The first-order chi connectivity index (χ1) is 9.76. The van der Waals surface area contributed by atoms with Crippen LogP contribution in [-0.4, -0.2) is 18.1 Å². The second kappa shape index (κ2) is 5.81. The minimum absolute atomic E-state index is 0.623. The SMILES string of the molecule is COc1ccc(-c2ccc(Cl)c(CNC3CC3)c2)cn1. The predicted molar refractivity (Wildman–Crippen MR) is 81.1 cm³/mol. The number of aromatic nitrogens is 1. The zero-order chi connectivity index (χ0) is 13.9. The molecule has 1 heterocycles. The van der Waals surface area contributed by atoms with Gasteiger partial charge >= 0.3 is 0 Å². The third kappa shape index (κ3) is 3.11. The first kappa shape index (κ1) is 13.4. The van der Waals surface area contributed by atoms with Crippen LogP contribution in [0.15, 0.2) is 36.5 Å². The maximum atomic E-state index is 6.26. The molecule has 3 rings (SSSR count). The number of benzene rings is 1. The van der Waals surface area contributed by atoms with Crippen LogP contribution in [0.3, 0.4) is 0 Å². The van der Waals surface area contributed by atoms with E-state index in [1.165, 1.54) is 12.8 Å². The van der Waals surface area contributed by atoms with Gasteiger partial charge in [0.15, 0.2) is 0 Å². The van der Waals surface area contributed by atoms with Gasteiger partial charge in [-0.1, -0.05) is 17.7 Å². The molecule has 0 amide bonds. The Kier molecular flexibility index (Phi) is 3.90. The van der Waals surface area contributed by atoms with E-state index in [9.17, 15) is 0 Å². The molecular weight excluding hydrogens is 272 g/mol. The summed E-state index contributed by atoms with van der Waals surface area (Å²) >= 11 is 6.26. The van der Waals surface area contributed by atoms with Gasteiger partial charge in [-0.25, -0.2) is 4.98 Å². The van der Waals surface area contributed by atoms with Crippen LogP contribution >= 0.6 is 11.6 Å². The van der Waals surface area contributed by atoms with Crippen molar-refractivity contribution in [3.05, 3.63) is 47.1 Å². The molecule has 0 atom stereocenters. The second-order valence-electron chi connectivity index (χ2n) is 5.05. The highest BCUT2D eigenvalue weighted by Gasteiger charge is 2.20. The highest BCUT2D eigenvalue weighted by atomic mass is 35.5. The van der Waals surface area contributed by atoms with E-state index < -0.39 is 0 Å². The Bertz CT molecular complexity index is 594. The third-order valence-corrected chi connectivity index (χ3v) is 3.85. The average molecular weight is 289 g/mol. The molecule has 1 N–H and O–H groups in total. The highest BCUT2D eigenvalue weighted by Crippen LogP contribution is 2.27. The van der Waals surface area contributed by atoms with Crippen molar-refractivity contribution < 1.29 is 4.74 Å². The number of rotatable bonds is 5. The molecule has 1 aromatic carbocycles. The van der Waals surface area contributed by atoms with Crippen LogP contribution in [0.25, 0.3) is 11.1 Å². The second-order valence-corrected chi connectivity index (χ2v) is 5.46. The molecular formula is C16H17ClN2O. The van der Waals surface area contributed by atoms with E-state index in [2.05, 4.69) is 16.4 Å². The highest BCUT2D eigenvalue weighted by molar-refractivity contribution is 6.31. The van der Waals surface area contributed by atoms with Crippen molar-refractivity contribution in [1.29, 1.82) is 0 Å². The lowest BCUT2D eigenvalue weighted by molar-refractivity contribution is 0.398. The van der Waals surface area contributed by atoms with Crippen LogP contribution in [0.1, 0.15) is 18.4 Å². The molecule has 1 aliphatic rings. The van der Waals surface area contributed by atoms with Crippen LogP contribution < -0.4 is 10.1 Å². The average Bonchev–Trinajstić information content (AvgIpc) is 3.31. The van der Waals surface area contributed by atoms with Crippen LogP contribution in [0.4, 0.5) is 0 Å². The minimum atomic E-state index is 0.623. The summed E-state index contributed by atoms with van der Waals surface area (Å²) in [6.45, 7) is 0.820. The molecule has 0 bridgehead atoms. The van der Waals surface area contributed by atoms with Crippen LogP contribution in [0.2, 0.25) is 5.02 Å². The van der Waals surface area contributed by atoms with Gasteiger partial charge in [0.2, 0.25) is 5.88 Å². The lowest BCUT2D eigenvalue weighted by atomic mass is 10.0. The van der Waals surface area contributed by atoms with Crippen molar-refractivity contribution in [3.63, 3.8) is 0 Å². The predicted octanol–water partition coefficient (Wildman–Crippen LogP) is 3.66. The van der Waals surface area contributed by atoms with E-state index >= 15 is 0 Å². The molecule has 1 fully saturated rings. The number of ether oxygens (including phenoxy) is 1. The largest absolute Gasteiger partial charge is 0.481 e. The van der Waals surface area contributed by atoms with Gasteiger partial charge in [0.05, 0.1) is 7.11 Å². The van der Waals surface area contributed by atoms with Gasteiger partial charge in [-0.05, 0) is 42.2 Å². The summed E-state index contributed by atoms with van der Waals surface area (Å²) in [5.74, 6) is 0.623. The minimum Gasteiger partial charge on any atom is -0.481 e. The van der Waals surface area contributed by atoms with Gasteiger partial charge in [0, 0.05) is 35.4 Å². The van der Waals surface area contributed by atoms with E-state index in [-0.39, 0.29) is 0 Å². The molecule has 0 aliphatic heterocycles. The Balaban J connectivity index is 1.82. The zero-order valence-corrected chi connectivity index (χ0v) is 12.2. The topological polar surface area (TPSA) is 34.1 Å². The maximum Gasteiger partial charge on any atom is 0.212 e. The molecule has 104 valence electrons. The van der Waals surface area contributed by atoms with Gasteiger partial charge in [0.1, 0.15) is 0 Å². The van der Waals surface area contributed by atoms with Crippen molar-refractivity contribution in [1.82, 2.24) is 10.3 Å². The Hall–Kier alpha value is -1.58. The van der Waals surface area contributed by atoms with Crippen molar-refractivity contribution >= 4 is 11.6 Å². The number of hydrogen-bond donors (Lipinski definition) is 1. The molecule has 3 nitrogen and oxygen atoms in total. The van der Waals surface area contributed by atoms with Crippen molar-refractivity contribution in [2.45, 2.75) is 25.4 Å². The summed E-state index contributed by atoms with van der Waals surface area (Å²) in [6.07, 6.45) is 4.37. The molecule has 0 saturated heterocycles. The van der Waals surface area contributed by atoms with Crippen molar-refractivity contribution in [3.8, 4) is 17.0 Å². The molecule has 0 unspecified atom stereocenters. The summed E-state index contributed by atoms with van der Waals surface area (Å²) < 4.78 is 5.08. The Morgan fingerprint density at radius 2 is 2.05 bits per heavy atom. The normalized spacial score (nSPS) is 14.3. The number of pyridine rings is 1. The van der Waals surface area contributed by atoms with Crippen LogP contribution in [0.5, 0.6) is 5.88 Å². The Morgan fingerprint density at radius 3 is 2.70 bits per heavy atom. The Morgan fingerprint density at radius 1 is 1.25 bits per heavy atom. The van der Waals surface area contributed by atoms with E-state index in [0.717, 1.165) is 28.3 Å². The standard InChI is InChI=1S/C16H17ClN2O/c1-20-16-7-3-12(9-19-16)11-2-6-15(17)13(8-11)10-18-14-4-5-14/h2-3,6-9,14,18H,4-5,10H2,1H3. The molecule has 1 aliphatic carbocycles. The summed E-state index contributed by atoms with van der Waals surface area (Å²) in [5.41, 5.74) is 3.32. The number of methoxy groups -OCH3 is 1. The van der Waals surface area contributed by atoms with Crippen molar-refractivity contribution in [2.24, 2.45) is 0 Å². The van der Waals surface area contributed by atoms with Gasteiger partial charge in [-0.3, -0.25) is 0 Å². The number of halogens is 1. The number of hydrogen-bond acceptors (Lipinski definition) is 3. The smallest absolute Gasteiger partial charge is 0.212 e. The molecule has 0 spiro atoms. The Labute approximate surface area is 123 Å². The lowest BCUT2D eigenvalue weighted by Gasteiger charge is -2.09. The summed E-state index contributed by atoms with van der Waals surface area (Å²) in [4.78, 5) is 4.24. The molecule has 1 aromatic heterocycles. The lowest BCUT2D eigenvalue weighted by Crippen LogP contribution is -2.15. The summed E-state index contributed by atoms with van der Waals surface area (Å²) in [6, 6.07) is 10.6. The van der Waals surface area contributed by atoms with E-state index in [1.54, 1.807) is 7.11 Å². The molecule has 4 heteroatoms. The maximum absolute atomic E-state index is 6.26.